The van der Waals surface area contributed by atoms with Crippen LogP contribution in [-0.2, 0) is 0 Å². The molecule has 0 saturated carbocycles. The molecule has 0 aromatic rings. The molecule has 10 radical (unpaired) electrons. The third-order valence-electron chi connectivity index (χ3n) is 2.22. The summed E-state index contributed by atoms with van der Waals surface area (Å²) in [5.41, 5.74) is 0.489. The van der Waals surface area contributed by atoms with Gasteiger partial charge < -0.3 is 0 Å². The maximum atomic E-state index is 4.57. The van der Waals surface area contributed by atoms with Crippen molar-refractivity contribution in [1.29, 1.82) is 0 Å². The van der Waals surface area contributed by atoms with Crippen molar-refractivity contribution in [3.05, 3.63) is 0 Å². The summed E-state index contributed by atoms with van der Waals surface area (Å²) in [5.74, 6) is 0. The summed E-state index contributed by atoms with van der Waals surface area (Å²) in [5, 5.41) is 0. The van der Waals surface area contributed by atoms with Crippen LogP contribution in [0.1, 0.15) is 0 Å². The van der Waals surface area contributed by atoms with Gasteiger partial charge in [0, 0.05) is 56.6 Å². The molecular formula is C2H2B10S. The number of hydrogen-bond acceptors (Lipinski definition) is 1. The van der Waals surface area contributed by atoms with Crippen LogP contribution in [-0.4, -0.2) is 75.6 Å². The molecule has 2 fully saturated rings. The fourth-order valence-electron chi connectivity index (χ4n) is 1.33. The van der Waals surface area contributed by atoms with Gasteiger partial charge in [-0.15, -0.1) is 5.72 Å². The highest BCUT2D eigenvalue weighted by Crippen LogP contribution is 2.43. The van der Waals surface area contributed by atoms with Crippen molar-refractivity contribution in [2.24, 2.45) is 0 Å². The van der Waals surface area contributed by atoms with Gasteiger partial charge in [-0.1, -0.05) is 4.55 Å². The van der Waals surface area contributed by atoms with Crippen LogP contribution in [0.3, 0.4) is 0 Å². The van der Waals surface area contributed by atoms with Gasteiger partial charge in [0.15, 0.2) is 0 Å². The van der Waals surface area contributed by atoms with Gasteiger partial charge in [-0.25, -0.2) is 0 Å². The molecule has 0 N–H and O–H groups in total. The largest absolute Gasteiger partial charge is 0.192 e. The molecule has 2 atom stereocenters. The molecule has 2 rings (SSSR count). The molecule has 0 nitrogen and oxygen atoms in total. The van der Waals surface area contributed by atoms with Gasteiger partial charge in [-0.2, -0.15) is 12.6 Å². The summed E-state index contributed by atoms with van der Waals surface area (Å²) in [6.45, 7) is 0. The van der Waals surface area contributed by atoms with Gasteiger partial charge in [0.1, 0.15) is 7.28 Å². The molecule has 11 heteroatoms. The van der Waals surface area contributed by atoms with E-state index in [9.17, 15) is 0 Å². The van der Waals surface area contributed by atoms with Crippen molar-refractivity contribution < 1.29 is 0 Å². The van der Waals surface area contributed by atoms with Gasteiger partial charge in [0.2, 0.25) is 0 Å². The lowest BCUT2D eigenvalue weighted by atomic mass is 8.89. The zero-order valence-electron chi connectivity index (χ0n) is 7.30. The quantitative estimate of drug-likeness (QED) is 0.283. The molecule has 0 unspecified atom stereocenters. The molecular weight excluding hydrogens is 164 g/mol. The van der Waals surface area contributed by atoms with E-state index in [2.05, 4.69) is 41.3 Å². The highest BCUT2D eigenvalue weighted by atomic mass is 32.1. The smallest absolute Gasteiger partial charge is 0.111 e. The van der Waals surface area contributed by atoms with E-state index in [1.807, 2.05) is 42.4 Å². The number of fused-ring (bicyclic) bond motifs is 1. The van der Waals surface area contributed by atoms with Crippen LogP contribution >= 0.6 is 12.6 Å². The first-order valence-corrected chi connectivity index (χ1v) is 4.87. The Bertz CT molecular complexity index is 174. The van der Waals surface area contributed by atoms with Crippen molar-refractivity contribution >= 4 is 83.7 Å². The van der Waals surface area contributed by atoms with E-state index >= 15 is 0 Å². The zero-order chi connectivity index (χ0) is 9.15. The van der Waals surface area contributed by atoms with Crippen LogP contribution < -0.4 is 0 Å². The number of thiol groups is 1. The summed E-state index contributed by atoms with van der Waals surface area (Å²) >= 11 is 4.57. The Morgan fingerprint density at radius 3 is 2.23 bits per heavy atom. The van der Waals surface area contributed by atoms with E-state index in [0.717, 1.165) is 0 Å². The minimum Gasteiger partial charge on any atom is -0.192 e. The molecule has 2 aliphatic heterocycles. The fraction of sp³-hybridized carbons (Fsp3) is 1.00. The lowest BCUT2D eigenvalue weighted by Crippen LogP contribution is -2.32. The number of hydrogen-bond donors (Lipinski definition) is 1. The van der Waals surface area contributed by atoms with Gasteiger partial charge in [0.25, 0.3) is 0 Å². The Kier molecular flexibility index (Phi) is 3.79. The topological polar surface area (TPSA) is 0 Å². The van der Waals surface area contributed by atoms with Crippen LogP contribution in [0.4, 0.5) is 0 Å². The van der Waals surface area contributed by atoms with Gasteiger partial charge in [0.05, 0.1) is 7.17 Å². The van der Waals surface area contributed by atoms with Gasteiger partial charge >= 0.3 is 0 Å². The summed E-state index contributed by atoms with van der Waals surface area (Å²) in [6, 6.07) is 0. The first-order chi connectivity index (χ1) is 6.31. The molecule has 2 saturated heterocycles. The SMILES string of the molecule is S[C@@]12[B][B][B][B][B][B][B][B][B][C@H]1[B]2. The van der Waals surface area contributed by atoms with Crippen molar-refractivity contribution in [3.8, 4) is 0 Å². The average Bonchev–Trinajstić information content (AvgIpc) is 2.73. The predicted octanol–water partition coefficient (Wildman–Crippen LogP) is -3.29. The van der Waals surface area contributed by atoms with Crippen LogP contribution in [0.5, 0.6) is 0 Å². The second-order valence-corrected chi connectivity index (χ2v) is 4.06. The minimum absolute atomic E-state index is 0.000972. The Morgan fingerprint density at radius 1 is 0.846 bits per heavy atom. The average molecular weight is 166 g/mol. The second-order valence-electron chi connectivity index (χ2n) is 3.29. The van der Waals surface area contributed by atoms with E-state index in [1.54, 1.807) is 0 Å². The van der Waals surface area contributed by atoms with Gasteiger partial charge in [-0.05, 0) is 0 Å². The fourth-order valence-corrected chi connectivity index (χ4v) is 1.66. The standard InChI is InChI=1S/C2H2B10S/c13-2-1(3-2)4-6-8-10-12-11-9-7-5-2/h1,13H/t1-,2+/m1/s1. The summed E-state index contributed by atoms with van der Waals surface area (Å²) in [4.78, 5) is 0. The molecule has 2 aliphatic rings. The van der Waals surface area contributed by atoms with E-state index in [1.165, 1.54) is 0 Å². The molecule has 0 aromatic carbocycles. The van der Waals surface area contributed by atoms with E-state index in [0.29, 0.717) is 5.72 Å². The van der Waals surface area contributed by atoms with Crippen LogP contribution in [0, 0.1) is 0 Å². The summed E-state index contributed by atoms with van der Waals surface area (Å²) in [6.07, 6.45) is 0. The van der Waals surface area contributed by atoms with E-state index in [4.69, 9.17) is 0 Å². The molecule has 0 aliphatic carbocycles. The molecule has 2 heterocycles. The normalized spacial score (nSPS) is 35.6. The van der Waals surface area contributed by atoms with Gasteiger partial charge in [-0.3, -0.25) is 0 Å². The molecule has 13 heavy (non-hydrogen) atoms. The van der Waals surface area contributed by atoms with E-state index in [-0.39, 0.29) is 4.55 Å². The Hall–Kier alpha value is 0.999. The van der Waals surface area contributed by atoms with Crippen molar-refractivity contribution in [3.63, 3.8) is 0 Å². The third-order valence-corrected chi connectivity index (χ3v) is 2.82. The molecule has 0 spiro atoms. The summed E-state index contributed by atoms with van der Waals surface area (Å²) in [7, 11) is 20.8. The predicted molar refractivity (Wildman–Crippen MR) is 73.0 cm³/mol. The Balaban J connectivity index is 1.79. The lowest BCUT2D eigenvalue weighted by Gasteiger charge is -2.08. The zero-order valence-corrected chi connectivity index (χ0v) is 8.19. The second kappa shape index (κ2) is 4.68. The van der Waals surface area contributed by atoms with E-state index < -0.39 is 0 Å². The highest BCUT2D eigenvalue weighted by molar-refractivity contribution is 7.89. The van der Waals surface area contributed by atoms with Crippen molar-refractivity contribution in [2.45, 2.75) is 10.3 Å². The van der Waals surface area contributed by atoms with Crippen LogP contribution in [0.15, 0.2) is 0 Å². The highest BCUT2D eigenvalue weighted by Gasteiger charge is 2.49. The molecule has 0 amide bonds. The molecule has 46 valence electrons. The first kappa shape index (κ1) is 10.5. The lowest BCUT2D eigenvalue weighted by molar-refractivity contribution is 1.39. The summed E-state index contributed by atoms with van der Waals surface area (Å²) < 4.78 is -0.000972. The third kappa shape index (κ3) is 2.97. The minimum atomic E-state index is -0.000972. The molecule has 0 bridgehead atoms. The maximum absolute atomic E-state index is 4.57. The Labute approximate surface area is 94.0 Å². The van der Waals surface area contributed by atoms with Crippen molar-refractivity contribution in [1.82, 2.24) is 0 Å². The monoisotopic (exact) mass is 168 g/mol. The number of rotatable bonds is 0. The van der Waals surface area contributed by atoms with Crippen LogP contribution in [0.2, 0.25) is 5.72 Å². The molecule has 0 aromatic heterocycles. The Morgan fingerprint density at radius 2 is 1.46 bits per heavy atom. The van der Waals surface area contributed by atoms with Crippen molar-refractivity contribution in [2.75, 3.05) is 0 Å². The van der Waals surface area contributed by atoms with Crippen LogP contribution in [0.25, 0.3) is 0 Å². The first-order valence-electron chi connectivity index (χ1n) is 4.42. The maximum Gasteiger partial charge on any atom is 0.111 e.